The molecule has 1 fully saturated rings. The fourth-order valence-corrected chi connectivity index (χ4v) is 3.98. The fraction of sp³-hybridized carbons (Fsp3) is 0.600. The van der Waals surface area contributed by atoms with Crippen molar-refractivity contribution in [1.29, 1.82) is 0 Å². The number of nitrogens with zero attached hydrogens (tertiary/aromatic N) is 1. The highest BCUT2D eigenvalue weighted by molar-refractivity contribution is 8.01. The van der Waals surface area contributed by atoms with Gasteiger partial charge in [0.2, 0.25) is 0 Å². The van der Waals surface area contributed by atoms with Gasteiger partial charge in [-0.15, -0.1) is 11.3 Å². The first-order chi connectivity index (χ1) is 7.66. The van der Waals surface area contributed by atoms with E-state index in [2.05, 4.69) is 4.98 Å². The number of aryl methyl sites for hydroxylation is 1. The molecule has 16 heavy (non-hydrogen) atoms. The van der Waals surface area contributed by atoms with Crippen LogP contribution >= 0.6 is 23.1 Å². The van der Waals surface area contributed by atoms with E-state index < -0.39 is 5.97 Å². The molecule has 2 heterocycles. The molecule has 0 aliphatic carbocycles. The number of hydrogen-bond donors (Lipinski definition) is 1. The van der Waals surface area contributed by atoms with E-state index in [-0.39, 0.29) is 0 Å². The Morgan fingerprint density at radius 3 is 3.06 bits per heavy atom. The predicted molar refractivity (Wildman–Crippen MR) is 63.5 cm³/mol. The summed E-state index contributed by atoms with van der Waals surface area (Å²) in [6.07, 6.45) is 2.19. The molecule has 88 valence electrons. The van der Waals surface area contributed by atoms with Crippen LogP contribution in [0.2, 0.25) is 0 Å². The van der Waals surface area contributed by atoms with E-state index in [1.54, 1.807) is 18.7 Å². The van der Waals surface area contributed by atoms with Crippen LogP contribution in [-0.2, 0) is 4.74 Å². The molecule has 1 aliphatic rings. The number of aromatic carboxylic acids is 1. The standard InChI is InChI=1S/C10H13NO3S2/c1-6-8(9(12)13)16-10(11-6)15-7-3-2-4-14-5-7/h7H,2-5H2,1H3,(H,12,13). The lowest BCUT2D eigenvalue weighted by atomic mass is 10.2. The van der Waals surface area contributed by atoms with Crippen molar-refractivity contribution in [3.05, 3.63) is 10.6 Å². The smallest absolute Gasteiger partial charge is 0.347 e. The zero-order valence-corrected chi connectivity index (χ0v) is 10.6. The molecule has 1 saturated heterocycles. The summed E-state index contributed by atoms with van der Waals surface area (Å²) in [5, 5.41) is 9.34. The van der Waals surface area contributed by atoms with Crippen LogP contribution in [0, 0.1) is 6.92 Å². The van der Waals surface area contributed by atoms with E-state index >= 15 is 0 Å². The number of thiazole rings is 1. The van der Waals surface area contributed by atoms with Gasteiger partial charge in [0.05, 0.1) is 12.3 Å². The van der Waals surface area contributed by atoms with Crippen molar-refractivity contribution in [3.63, 3.8) is 0 Å². The molecule has 4 nitrogen and oxygen atoms in total. The van der Waals surface area contributed by atoms with Crippen LogP contribution in [0.5, 0.6) is 0 Å². The third-order valence-electron chi connectivity index (χ3n) is 2.36. The van der Waals surface area contributed by atoms with Crippen molar-refractivity contribution in [3.8, 4) is 0 Å². The number of thioether (sulfide) groups is 1. The van der Waals surface area contributed by atoms with Crippen molar-refractivity contribution in [2.45, 2.75) is 29.4 Å². The summed E-state index contributed by atoms with van der Waals surface area (Å²) in [7, 11) is 0. The number of hydrogen-bond acceptors (Lipinski definition) is 5. The van der Waals surface area contributed by atoms with Gasteiger partial charge in [-0.05, 0) is 19.8 Å². The molecule has 0 aromatic carbocycles. The lowest BCUT2D eigenvalue weighted by Gasteiger charge is -2.20. The third kappa shape index (κ3) is 2.75. The van der Waals surface area contributed by atoms with Crippen molar-refractivity contribution in [2.75, 3.05) is 13.2 Å². The second-order valence-electron chi connectivity index (χ2n) is 3.66. The minimum Gasteiger partial charge on any atom is -0.477 e. The van der Waals surface area contributed by atoms with Crippen LogP contribution < -0.4 is 0 Å². The van der Waals surface area contributed by atoms with E-state index in [1.807, 2.05) is 0 Å². The van der Waals surface area contributed by atoms with Gasteiger partial charge in [-0.1, -0.05) is 11.8 Å². The number of carboxylic acids is 1. The normalized spacial score (nSPS) is 20.9. The van der Waals surface area contributed by atoms with E-state index in [0.29, 0.717) is 15.8 Å². The first-order valence-electron chi connectivity index (χ1n) is 5.12. The predicted octanol–water partition coefficient (Wildman–Crippen LogP) is 2.42. The maximum Gasteiger partial charge on any atom is 0.347 e. The summed E-state index contributed by atoms with van der Waals surface area (Å²) in [6, 6.07) is 0. The van der Waals surface area contributed by atoms with Gasteiger partial charge in [-0.2, -0.15) is 0 Å². The van der Waals surface area contributed by atoms with Gasteiger partial charge in [-0.25, -0.2) is 9.78 Å². The van der Waals surface area contributed by atoms with Gasteiger partial charge in [0.1, 0.15) is 4.88 Å². The topological polar surface area (TPSA) is 59.4 Å². The Bertz CT molecular complexity index is 385. The molecule has 0 amide bonds. The number of carboxylic acid groups (broad SMARTS) is 1. The number of carbonyl (C=O) groups is 1. The van der Waals surface area contributed by atoms with Gasteiger partial charge in [0, 0.05) is 11.9 Å². The maximum absolute atomic E-state index is 10.9. The first kappa shape index (κ1) is 11.9. The molecule has 1 atom stereocenters. The Hall–Kier alpha value is -0.590. The Morgan fingerprint density at radius 2 is 2.50 bits per heavy atom. The molecule has 0 radical (unpaired) electrons. The Kier molecular flexibility index (Phi) is 3.83. The van der Waals surface area contributed by atoms with Crippen LogP contribution in [0.3, 0.4) is 0 Å². The Labute approximate surface area is 102 Å². The third-order valence-corrected chi connectivity index (χ3v) is 4.83. The van der Waals surface area contributed by atoms with Gasteiger partial charge in [-0.3, -0.25) is 0 Å². The Morgan fingerprint density at radius 1 is 1.69 bits per heavy atom. The highest BCUT2D eigenvalue weighted by Crippen LogP contribution is 2.33. The van der Waals surface area contributed by atoms with Crippen molar-refractivity contribution in [2.24, 2.45) is 0 Å². The van der Waals surface area contributed by atoms with Crippen LogP contribution in [0.1, 0.15) is 28.2 Å². The van der Waals surface area contributed by atoms with Gasteiger partial charge < -0.3 is 9.84 Å². The molecule has 1 aliphatic heterocycles. The van der Waals surface area contributed by atoms with E-state index in [0.717, 1.165) is 30.4 Å². The molecule has 0 bridgehead atoms. The number of ether oxygens (including phenoxy) is 1. The summed E-state index contributed by atoms with van der Waals surface area (Å²) in [5.74, 6) is -0.887. The second kappa shape index (κ2) is 5.16. The molecule has 0 spiro atoms. The highest BCUT2D eigenvalue weighted by atomic mass is 32.2. The summed E-state index contributed by atoms with van der Waals surface area (Å²) in [5.41, 5.74) is 0.608. The highest BCUT2D eigenvalue weighted by Gasteiger charge is 2.19. The first-order valence-corrected chi connectivity index (χ1v) is 6.81. The Balaban J connectivity index is 2.03. The quantitative estimate of drug-likeness (QED) is 0.903. The summed E-state index contributed by atoms with van der Waals surface area (Å²) >= 11 is 2.89. The largest absolute Gasteiger partial charge is 0.477 e. The SMILES string of the molecule is Cc1nc(SC2CCCOC2)sc1C(=O)O. The van der Waals surface area contributed by atoms with E-state index in [9.17, 15) is 4.79 Å². The summed E-state index contributed by atoms with van der Waals surface area (Å²) < 4.78 is 6.22. The molecule has 1 aromatic heterocycles. The van der Waals surface area contributed by atoms with Gasteiger partial charge >= 0.3 is 5.97 Å². The molecular weight excluding hydrogens is 246 g/mol. The van der Waals surface area contributed by atoms with Crippen molar-refractivity contribution >= 4 is 29.1 Å². The van der Waals surface area contributed by atoms with Crippen molar-refractivity contribution < 1.29 is 14.6 Å². The lowest BCUT2D eigenvalue weighted by molar-refractivity contribution is 0.0701. The molecule has 1 aromatic rings. The minimum atomic E-state index is -0.887. The fourth-order valence-electron chi connectivity index (χ4n) is 1.57. The summed E-state index contributed by atoms with van der Waals surface area (Å²) in [6.45, 7) is 3.32. The number of rotatable bonds is 3. The van der Waals surface area contributed by atoms with Crippen molar-refractivity contribution in [1.82, 2.24) is 4.98 Å². The van der Waals surface area contributed by atoms with Crippen LogP contribution in [0.25, 0.3) is 0 Å². The van der Waals surface area contributed by atoms with Crippen LogP contribution in [0.4, 0.5) is 0 Å². The summed E-state index contributed by atoms with van der Waals surface area (Å²) in [4.78, 5) is 15.5. The molecular formula is C10H13NO3S2. The van der Waals surface area contributed by atoms with Gasteiger partial charge in [0.15, 0.2) is 4.34 Å². The van der Waals surface area contributed by atoms with Crippen LogP contribution in [-0.4, -0.2) is 34.5 Å². The van der Waals surface area contributed by atoms with E-state index in [1.165, 1.54) is 11.3 Å². The van der Waals surface area contributed by atoms with Crippen LogP contribution in [0.15, 0.2) is 4.34 Å². The molecule has 1 unspecified atom stereocenters. The average molecular weight is 259 g/mol. The van der Waals surface area contributed by atoms with E-state index in [4.69, 9.17) is 9.84 Å². The zero-order valence-electron chi connectivity index (χ0n) is 8.93. The maximum atomic E-state index is 10.9. The average Bonchev–Trinajstić information content (AvgIpc) is 2.61. The molecule has 0 saturated carbocycles. The molecule has 6 heteroatoms. The van der Waals surface area contributed by atoms with Gasteiger partial charge in [0.25, 0.3) is 0 Å². The molecule has 2 rings (SSSR count). The zero-order chi connectivity index (χ0) is 11.5. The molecule has 1 N–H and O–H groups in total. The monoisotopic (exact) mass is 259 g/mol. The lowest BCUT2D eigenvalue weighted by Crippen LogP contribution is -2.18. The number of aromatic nitrogens is 1. The second-order valence-corrected chi connectivity index (χ2v) is 6.20. The minimum absolute atomic E-state index is 0.347.